The van der Waals surface area contributed by atoms with Gasteiger partial charge in [-0.05, 0) is 50.0 Å². The monoisotopic (exact) mass is 364 g/mol. The molecule has 0 saturated heterocycles. The lowest BCUT2D eigenvalue weighted by atomic mass is 9.91. The summed E-state index contributed by atoms with van der Waals surface area (Å²) in [4.78, 5) is 10.7. The normalized spacial score (nSPS) is 28.8. The van der Waals surface area contributed by atoms with Gasteiger partial charge in [0.15, 0.2) is 0 Å². The Balaban J connectivity index is 0.00000225. The summed E-state index contributed by atoms with van der Waals surface area (Å²) in [5, 5.41) is 15.2. The van der Waals surface area contributed by atoms with E-state index in [0.717, 1.165) is 32.1 Å². The Morgan fingerprint density at radius 3 is 2.40 bits per heavy atom. The fourth-order valence-corrected chi connectivity index (χ4v) is 3.91. The minimum atomic E-state index is -0.896. The molecule has 5 heteroatoms. The predicted molar refractivity (Wildman–Crippen MR) is 104 cm³/mol. The first-order valence-corrected chi connectivity index (χ1v) is 9.16. The Hall–Kier alpha value is -1.52. The molecule has 2 atom stereocenters. The van der Waals surface area contributed by atoms with Crippen LogP contribution >= 0.6 is 12.4 Å². The topological polar surface area (TPSA) is 61.4 Å². The first-order valence-electron chi connectivity index (χ1n) is 9.16. The molecule has 0 bridgehead atoms. The van der Waals surface area contributed by atoms with Gasteiger partial charge in [-0.25, -0.2) is 4.79 Å². The maximum absolute atomic E-state index is 10.7. The third kappa shape index (κ3) is 5.75. The summed E-state index contributed by atoms with van der Waals surface area (Å²) in [6, 6.07) is 11.8. The van der Waals surface area contributed by atoms with Crippen molar-refractivity contribution in [3.8, 4) is 0 Å². The maximum atomic E-state index is 10.7. The quantitative estimate of drug-likeness (QED) is 0.698. The number of carbonyl (C=O) groups is 1. The molecule has 4 nitrogen and oxygen atoms in total. The van der Waals surface area contributed by atoms with E-state index in [1.54, 1.807) is 5.57 Å². The van der Waals surface area contributed by atoms with Crippen LogP contribution in [-0.2, 0) is 0 Å². The molecule has 25 heavy (non-hydrogen) atoms. The maximum Gasteiger partial charge on any atom is 0.404 e. The molecule has 2 aliphatic carbocycles. The highest BCUT2D eigenvalue weighted by Crippen LogP contribution is 2.40. The Labute approximate surface area is 156 Å². The fraction of sp³-hybridized carbons (Fsp3) is 0.550. The molecule has 2 aliphatic rings. The number of hydrogen-bond donors (Lipinski definition) is 3. The smallest absolute Gasteiger partial charge is 0.404 e. The van der Waals surface area contributed by atoms with Crippen LogP contribution in [-0.4, -0.2) is 29.3 Å². The van der Waals surface area contributed by atoms with Gasteiger partial charge in [-0.15, -0.1) is 12.4 Å². The van der Waals surface area contributed by atoms with Crippen LogP contribution in [0.5, 0.6) is 0 Å². The number of nitrogens with one attached hydrogen (secondary N) is 2. The van der Waals surface area contributed by atoms with Crippen LogP contribution in [0.15, 0.2) is 35.9 Å². The van der Waals surface area contributed by atoms with E-state index in [4.69, 9.17) is 5.11 Å². The summed E-state index contributed by atoms with van der Waals surface area (Å²) in [6.07, 6.45) is 7.82. The van der Waals surface area contributed by atoms with Crippen LogP contribution in [0, 0.1) is 5.92 Å². The molecule has 0 heterocycles. The van der Waals surface area contributed by atoms with Crippen molar-refractivity contribution in [2.45, 2.75) is 63.6 Å². The van der Waals surface area contributed by atoms with Crippen LogP contribution < -0.4 is 10.6 Å². The summed E-state index contributed by atoms with van der Waals surface area (Å²) in [6.45, 7) is 2.24. The number of amides is 1. The van der Waals surface area contributed by atoms with Crippen molar-refractivity contribution in [1.82, 2.24) is 10.6 Å². The standard InChI is InChI=1S/C20H28N2O2.ClH/c1-2-15(12-14-6-4-3-5-7-14)18-13-19(18)21-16-8-10-17(11-9-16)22-20(23)24;/h3-7,12,16-19,21-22H,2,8-11,13H2,1H3,(H,23,24);1H/t16?,17?,18-,19+;/m0./s1. The number of rotatable bonds is 6. The second kappa shape index (κ2) is 9.25. The van der Waals surface area contributed by atoms with Crippen LogP contribution in [0.1, 0.15) is 51.0 Å². The van der Waals surface area contributed by atoms with Crippen molar-refractivity contribution in [3.05, 3.63) is 41.5 Å². The molecule has 2 fully saturated rings. The minimum Gasteiger partial charge on any atom is -0.465 e. The van der Waals surface area contributed by atoms with Crippen molar-refractivity contribution in [2.24, 2.45) is 5.92 Å². The molecular formula is C20H29ClN2O2. The number of hydrogen-bond acceptors (Lipinski definition) is 2. The molecule has 1 amide bonds. The van der Waals surface area contributed by atoms with Crippen LogP contribution in [0.25, 0.3) is 6.08 Å². The molecule has 3 N–H and O–H groups in total. The number of benzene rings is 1. The van der Waals surface area contributed by atoms with Gasteiger partial charge in [0.1, 0.15) is 0 Å². The van der Waals surface area contributed by atoms with E-state index in [9.17, 15) is 4.79 Å². The molecule has 0 aliphatic heterocycles. The van der Waals surface area contributed by atoms with Crippen LogP contribution in [0.2, 0.25) is 0 Å². The van der Waals surface area contributed by atoms with Crippen LogP contribution in [0.4, 0.5) is 4.79 Å². The highest BCUT2D eigenvalue weighted by atomic mass is 35.5. The highest BCUT2D eigenvalue weighted by molar-refractivity contribution is 5.85. The first kappa shape index (κ1) is 19.8. The van der Waals surface area contributed by atoms with E-state index < -0.39 is 6.09 Å². The van der Waals surface area contributed by atoms with Gasteiger partial charge in [0, 0.05) is 18.1 Å². The number of halogens is 1. The summed E-state index contributed by atoms with van der Waals surface area (Å²) >= 11 is 0. The zero-order chi connectivity index (χ0) is 16.9. The summed E-state index contributed by atoms with van der Waals surface area (Å²) < 4.78 is 0. The van der Waals surface area contributed by atoms with Crippen molar-refractivity contribution >= 4 is 24.6 Å². The van der Waals surface area contributed by atoms with E-state index >= 15 is 0 Å². The first-order chi connectivity index (χ1) is 11.7. The average molecular weight is 365 g/mol. The lowest BCUT2D eigenvalue weighted by molar-refractivity contribution is 0.183. The van der Waals surface area contributed by atoms with Crippen molar-refractivity contribution < 1.29 is 9.90 Å². The van der Waals surface area contributed by atoms with Crippen molar-refractivity contribution in [2.75, 3.05) is 0 Å². The van der Waals surface area contributed by atoms with E-state index in [0.29, 0.717) is 18.0 Å². The SMILES string of the molecule is CCC(=Cc1ccccc1)[C@@H]1C[C@H]1NC1CCC(NC(=O)O)CC1.Cl. The Morgan fingerprint density at radius 2 is 1.80 bits per heavy atom. The summed E-state index contributed by atoms with van der Waals surface area (Å²) in [7, 11) is 0. The molecule has 3 rings (SSSR count). The van der Waals surface area contributed by atoms with Crippen molar-refractivity contribution in [1.29, 1.82) is 0 Å². The van der Waals surface area contributed by atoms with Gasteiger partial charge in [0.05, 0.1) is 0 Å². The van der Waals surface area contributed by atoms with Crippen molar-refractivity contribution in [3.63, 3.8) is 0 Å². The molecule has 2 saturated carbocycles. The highest BCUT2D eigenvalue weighted by Gasteiger charge is 2.40. The minimum absolute atomic E-state index is 0. The van der Waals surface area contributed by atoms with Gasteiger partial charge in [0.2, 0.25) is 0 Å². The second-order valence-corrected chi connectivity index (χ2v) is 7.10. The van der Waals surface area contributed by atoms with Gasteiger partial charge in [-0.2, -0.15) is 0 Å². The number of carboxylic acid groups (broad SMARTS) is 1. The summed E-state index contributed by atoms with van der Waals surface area (Å²) in [5.41, 5.74) is 2.83. The third-order valence-electron chi connectivity index (χ3n) is 5.33. The average Bonchev–Trinajstić information content (AvgIpc) is 3.34. The largest absolute Gasteiger partial charge is 0.465 e. The van der Waals surface area contributed by atoms with E-state index in [1.807, 2.05) is 0 Å². The molecule has 0 radical (unpaired) electrons. The molecule has 1 aromatic carbocycles. The lowest BCUT2D eigenvalue weighted by Crippen LogP contribution is -2.42. The zero-order valence-electron chi connectivity index (χ0n) is 14.8. The molecular weight excluding hydrogens is 336 g/mol. The molecule has 0 spiro atoms. The van der Waals surface area contributed by atoms with Gasteiger partial charge < -0.3 is 15.7 Å². The van der Waals surface area contributed by atoms with E-state index in [2.05, 4.69) is 54.0 Å². The second-order valence-electron chi connectivity index (χ2n) is 7.10. The van der Waals surface area contributed by atoms with Gasteiger partial charge in [0.25, 0.3) is 0 Å². The predicted octanol–water partition coefficient (Wildman–Crippen LogP) is 4.46. The van der Waals surface area contributed by atoms with E-state index in [1.165, 1.54) is 12.0 Å². The summed E-state index contributed by atoms with van der Waals surface area (Å²) in [5.74, 6) is 0.671. The molecule has 1 aromatic rings. The zero-order valence-corrected chi connectivity index (χ0v) is 15.6. The fourth-order valence-electron chi connectivity index (χ4n) is 3.91. The van der Waals surface area contributed by atoms with Gasteiger partial charge in [-0.3, -0.25) is 0 Å². The van der Waals surface area contributed by atoms with Crippen LogP contribution in [0.3, 0.4) is 0 Å². The Morgan fingerprint density at radius 1 is 1.16 bits per heavy atom. The molecule has 0 aromatic heterocycles. The Bertz CT molecular complexity index is 583. The van der Waals surface area contributed by atoms with Gasteiger partial charge >= 0.3 is 6.09 Å². The lowest BCUT2D eigenvalue weighted by Gasteiger charge is -2.29. The Kier molecular flexibility index (Phi) is 7.33. The third-order valence-corrected chi connectivity index (χ3v) is 5.33. The van der Waals surface area contributed by atoms with E-state index in [-0.39, 0.29) is 18.4 Å². The van der Waals surface area contributed by atoms with Gasteiger partial charge in [-0.1, -0.05) is 48.9 Å². The molecule has 0 unspecified atom stereocenters. The molecule has 138 valence electrons.